The zero-order chi connectivity index (χ0) is 16.1. The van der Waals surface area contributed by atoms with Crippen LogP contribution in [0.2, 0.25) is 0 Å². The molecule has 1 atom stereocenters. The van der Waals surface area contributed by atoms with Crippen LogP contribution in [0.4, 0.5) is 5.69 Å². The number of nitrogens with one attached hydrogen (secondary N) is 1. The SMILES string of the molecule is COc1ccc(NC(N)=NCC(C2CC2)N(C)C)cc1OC.I. The molecule has 1 fully saturated rings. The monoisotopic (exact) mass is 434 g/mol. The van der Waals surface area contributed by atoms with E-state index in [1.165, 1.54) is 12.8 Å². The molecule has 130 valence electrons. The van der Waals surface area contributed by atoms with Gasteiger partial charge in [0.2, 0.25) is 0 Å². The van der Waals surface area contributed by atoms with Crippen molar-refractivity contribution >= 4 is 35.6 Å². The maximum Gasteiger partial charge on any atom is 0.193 e. The minimum absolute atomic E-state index is 0. The molecule has 0 radical (unpaired) electrons. The van der Waals surface area contributed by atoms with E-state index >= 15 is 0 Å². The second kappa shape index (κ2) is 9.17. The Balaban J connectivity index is 0.00000264. The van der Waals surface area contributed by atoms with Gasteiger partial charge in [-0.25, -0.2) is 0 Å². The standard InChI is InChI=1S/C16H26N4O2.HI/c1-20(2)13(11-5-6-11)10-18-16(17)19-12-7-8-14(21-3)15(9-12)22-4;/h7-9,11,13H,5-6,10H2,1-4H3,(H3,17,18,19);1H. The number of methoxy groups -OCH3 is 2. The number of guanidine groups is 1. The van der Waals surface area contributed by atoms with E-state index in [0.29, 0.717) is 30.0 Å². The van der Waals surface area contributed by atoms with Gasteiger partial charge in [0.1, 0.15) is 0 Å². The average Bonchev–Trinajstić information content (AvgIpc) is 3.31. The molecule has 7 heteroatoms. The molecule has 0 aliphatic heterocycles. The van der Waals surface area contributed by atoms with Crippen molar-refractivity contribution < 1.29 is 9.47 Å². The first-order valence-electron chi connectivity index (χ1n) is 7.50. The van der Waals surface area contributed by atoms with Crippen molar-refractivity contribution in [3.05, 3.63) is 18.2 Å². The lowest BCUT2D eigenvalue weighted by Crippen LogP contribution is -2.34. The number of halogens is 1. The van der Waals surface area contributed by atoms with Gasteiger partial charge in [-0.2, -0.15) is 0 Å². The van der Waals surface area contributed by atoms with Crippen molar-refractivity contribution in [2.24, 2.45) is 16.6 Å². The number of nitrogens with zero attached hydrogens (tertiary/aromatic N) is 2. The lowest BCUT2D eigenvalue weighted by Gasteiger charge is -2.22. The van der Waals surface area contributed by atoms with Gasteiger partial charge in [0.05, 0.1) is 20.8 Å². The van der Waals surface area contributed by atoms with Crippen LogP contribution < -0.4 is 20.5 Å². The van der Waals surface area contributed by atoms with Gasteiger partial charge in [-0.05, 0) is 45.0 Å². The number of ether oxygens (including phenoxy) is 2. The summed E-state index contributed by atoms with van der Waals surface area (Å²) in [6.45, 7) is 0.712. The van der Waals surface area contributed by atoms with E-state index in [1.54, 1.807) is 14.2 Å². The highest BCUT2D eigenvalue weighted by atomic mass is 127. The number of anilines is 1. The molecule has 1 aromatic carbocycles. The Morgan fingerprint density at radius 2 is 1.96 bits per heavy atom. The zero-order valence-corrected chi connectivity index (χ0v) is 16.5. The lowest BCUT2D eigenvalue weighted by atomic mass is 10.2. The number of benzene rings is 1. The molecule has 2 rings (SSSR count). The summed E-state index contributed by atoms with van der Waals surface area (Å²) < 4.78 is 10.5. The molecule has 1 saturated carbocycles. The van der Waals surface area contributed by atoms with Crippen molar-refractivity contribution in [3.63, 3.8) is 0 Å². The van der Waals surface area contributed by atoms with E-state index < -0.39 is 0 Å². The van der Waals surface area contributed by atoms with Crippen LogP contribution >= 0.6 is 24.0 Å². The van der Waals surface area contributed by atoms with Crippen molar-refractivity contribution in [2.75, 3.05) is 40.2 Å². The van der Waals surface area contributed by atoms with Crippen molar-refractivity contribution in [3.8, 4) is 11.5 Å². The molecule has 23 heavy (non-hydrogen) atoms. The first-order valence-corrected chi connectivity index (χ1v) is 7.50. The Morgan fingerprint density at radius 1 is 1.30 bits per heavy atom. The molecule has 0 bridgehead atoms. The van der Waals surface area contributed by atoms with Crippen LogP contribution in [0.15, 0.2) is 23.2 Å². The maximum absolute atomic E-state index is 5.99. The Morgan fingerprint density at radius 3 is 2.48 bits per heavy atom. The smallest absolute Gasteiger partial charge is 0.193 e. The number of hydrogen-bond donors (Lipinski definition) is 2. The lowest BCUT2D eigenvalue weighted by molar-refractivity contribution is 0.271. The fraction of sp³-hybridized carbons (Fsp3) is 0.562. The van der Waals surface area contributed by atoms with E-state index in [-0.39, 0.29) is 24.0 Å². The van der Waals surface area contributed by atoms with E-state index in [2.05, 4.69) is 29.3 Å². The number of hydrogen-bond acceptors (Lipinski definition) is 4. The Kier molecular flexibility index (Phi) is 7.90. The third-order valence-corrected chi connectivity index (χ3v) is 3.93. The molecule has 1 unspecified atom stereocenters. The summed E-state index contributed by atoms with van der Waals surface area (Å²) in [4.78, 5) is 6.70. The largest absolute Gasteiger partial charge is 0.493 e. The van der Waals surface area contributed by atoms with Gasteiger partial charge >= 0.3 is 0 Å². The summed E-state index contributed by atoms with van der Waals surface area (Å²) in [5.41, 5.74) is 6.81. The second-order valence-electron chi connectivity index (χ2n) is 5.79. The first-order chi connectivity index (χ1) is 10.5. The van der Waals surface area contributed by atoms with Gasteiger partial charge in [0.25, 0.3) is 0 Å². The van der Waals surface area contributed by atoms with Crippen LogP contribution in [0, 0.1) is 5.92 Å². The summed E-state index contributed by atoms with van der Waals surface area (Å²) in [7, 11) is 7.41. The van der Waals surface area contributed by atoms with Crippen LogP contribution in [-0.2, 0) is 0 Å². The fourth-order valence-corrected chi connectivity index (χ4v) is 2.51. The van der Waals surface area contributed by atoms with Gasteiger partial charge < -0.3 is 25.4 Å². The molecule has 0 aromatic heterocycles. The molecule has 1 aliphatic carbocycles. The number of likely N-dealkylation sites (N-methyl/N-ethyl adjacent to an activating group) is 1. The van der Waals surface area contributed by atoms with Crippen LogP contribution in [0.3, 0.4) is 0 Å². The highest BCUT2D eigenvalue weighted by Gasteiger charge is 2.32. The zero-order valence-electron chi connectivity index (χ0n) is 14.2. The predicted molar refractivity (Wildman–Crippen MR) is 105 cm³/mol. The highest BCUT2D eigenvalue weighted by molar-refractivity contribution is 14.0. The summed E-state index contributed by atoms with van der Waals surface area (Å²) >= 11 is 0. The predicted octanol–water partition coefficient (Wildman–Crippen LogP) is 2.39. The Labute approximate surface area is 155 Å². The summed E-state index contributed by atoms with van der Waals surface area (Å²) in [6.07, 6.45) is 2.59. The Hall–Kier alpha value is -1.22. The normalized spacial score (nSPS) is 15.8. The molecule has 3 N–H and O–H groups in total. The second-order valence-corrected chi connectivity index (χ2v) is 5.79. The van der Waals surface area contributed by atoms with Gasteiger partial charge in [0, 0.05) is 17.8 Å². The fourth-order valence-electron chi connectivity index (χ4n) is 2.51. The molecule has 1 aromatic rings. The molecular weight excluding hydrogens is 407 g/mol. The van der Waals surface area contributed by atoms with Gasteiger partial charge in [-0.1, -0.05) is 0 Å². The van der Waals surface area contributed by atoms with Crippen molar-refractivity contribution in [1.29, 1.82) is 0 Å². The van der Waals surface area contributed by atoms with Crippen LogP contribution in [-0.4, -0.2) is 51.8 Å². The summed E-state index contributed by atoms with van der Waals surface area (Å²) in [5.74, 6) is 2.52. The summed E-state index contributed by atoms with van der Waals surface area (Å²) in [5, 5.41) is 3.10. The van der Waals surface area contributed by atoms with Crippen LogP contribution in [0.25, 0.3) is 0 Å². The maximum atomic E-state index is 5.99. The third-order valence-electron chi connectivity index (χ3n) is 3.93. The first kappa shape index (κ1) is 19.8. The van der Waals surface area contributed by atoms with Gasteiger partial charge in [-0.3, -0.25) is 4.99 Å². The van der Waals surface area contributed by atoms with Crippen molar-refractivity contribution in [2.45, 2.75) is 18.9 Å². The minimum Gasteiger partial charge on any atom is -0.493 e. The van der Waals surface area contributed by atoms with E-state index in [9.17, 15) is 0 Å². The molecular formula is C16H27IN4O2. The number of nitrogens with two attached hydrogens (primary N) is 1. The number of rotatable bonds is 7. The van der Waals surface area contributed by atoms with E-state index in [4.69, 9.17) is 15.2 Å². The van der Waals surface area contributed by atoms with Gasteiger partial charge in [-0.15, -0.1) is 24.0 Å². The van der Waals surface area contributed by atoms with Crippen LogP contribution in [0.1, 0.15) is 12.8 Å². The molecule has 1 aliphatic rings. The van der Waals surface area contributed by atoms with Gasteiger partial charge in [0.15, 0.2) is 17.5 Å². The molecule has 6 nitrogen and oxygen atoms in total. The van der Waals surface area contributed by atoms with Crippen molar-refractivity contribution in [1.82, 2.24) is 4.90 Å². The topological polar surface area (TPSA) is 72.1 Å². The summed E-state index contributed by atoms with van der Waals surface area (Å²) in [6, 6.07) is 6.02. The molecule has 0 spiro atoms. The average molecular weight is 434 g/mol. The van der Waals surface area contributed by atoms with E-state index in [0.717, 1.165) is 11.6 Å². The molecule has 0 heterocycles. The Bertz CT molecular complexity index is 531. The van der Waals surface area contributed by atoms with E-state index in [1.807, 2.05) is 18.2 Å². The highest BCUT2D eigenvalue weighted by Crippen LogP contribution is 2.34. The number of aliphatic imine (C=N–C) groups is 1. The quantitative estimate of drug-likeness (QED) is 0.392. The third kappa shape index (κ3) is 5.72. The molecule has 0 amide bonds. The minimum atomic E-state index is 0. The van der Waals surface area contributed by atoms with Crippen LogP contribution in [0.5, 0.6) is 11.5 Å². The molecule has 0 saturated heterocycles.